The Hall–Kier alpha value is -3.39. The van der Waals surface area contributed by atoms with Crippen molar-refractivity contribution in [3.05, 3.63) is 96.6 Å². The van der Waals surface area contributed by atoms with Crippen LogP contribution in [0.25, 0.3) is 16.6 Å². The lowest BCUT2D eigenvalue weighted by molar-refractivity contribution is -0.269. The lowest BCUT2D eigenvalue weighted by atomic mass is 9.91. The van der Waals surface area contributed by atoms with Crippen LogP contribution in [0.1, 0.15) is 66.4 Å². The van der Waals surface area contributed by atoms with Crippen LogP contribution >= 0.6 is 0 Å². The van der Waals surface area contributed by atoms with Gasteiger partial charge in [-0.2, -0.15) is 18.3 Å². The number of fused-ring (bicyclic) bond motifs is 1. The maximum atomic E-state index is 14.3. The quantitative estimate of drug-likeness (QED) is 0.188. The Kier molecular flexibility index (Phi) is 14.4. The molecule has 0 aliphatic carbocycles. The van der Waals surface area contributed by atoms with Gasteiger partial charge in [0.05, 0.1) is 23.9 Å². The van der Waals surface area contributed by atoms with Crippen molar-refractivity contribution in [3.8, 4) is 5.69 Å². The van der Waals surface area contributed by atoms with Crippen molar-refractivity contribution >= 4 is 10.9 Å². The lowest BCUT2D eigenvalue weighted by Gasteiger charge is -2.36. The standard InChI is InChI=1S/C28H31F4N3O.2C2H6/c1-4-5-6-7-8-9-16-34(19-21(2)3)20-27(36,28(30,31)32)23-10-15-26-22(17-23)18-33-35(26)25-13-11-24(29)12-14-25;2*1-2/h6-7,9-18,36H,2,4-5,8,19-20H2,1,3H3;2*1-2H3/b7-6-,16-9-;;. The molecular formula is C32H43F4N3O. The fraction of sp³-hybridized carbons (Fsp3) is 0.406. The van der Waals surface area contributed by atoms with Gasteiger partial charge in [-0.05, 0) is 67.9 Å². The van der Waals surface area contributed by atoms with Gasteiger partial charge in [0.1, 0.15) is 5.82 Å². The van der Waals surface area contributed by atoms with Crippen molar-refractivity contribution in [2.24, 2.45) is 0 Å². The molecule has 0 radical (unpaired) electrons. The van der Waals surface area contributed by atoms with Crippen LogP contribution in [0.15, 0.2) is 85.2 Å². The fourth-order valence-electron chi connectivity index (χ4n) is 3.89. The number of benzene rings is 2. The van der Waals surface area contributed by atoms with Crippen LogP contribution in [0.3, 0.4) is 0 Å². The van der Waals surface area contributed by atoms with Gasteiger partial charge in [-0.25, -0.2) is 9.07 Å². The number of nitrogens with zero attached hydrogens (tertiary/aromatic N) is 3. The summed E-state index contributed by atoms with van der Waals surface area (Å²) in [7, 11) is 0. The van der Waals surface area contributed by atoms with Crippen molar-refractivity contribution in [2.45, 2.75) is 72.6 Å². The minimum atomic E-state index is -4.93. The molecule has 0 aliphatic rings. The number of unbranched alkanes of at least 4 members (excludes halogenated alkanes) is 1. The van der Waals surface area contributed by atoms with Crippen LogP contribution < -0.4 is 0 Å². The fourth-order valence-corrected chi connectivity index (χ4v) is 3.89. The van der Waals surface area contributed by atoms with Crippen LogP contribution in [-0.4, -0.2) is 39.1 Å². The van der Waals surface area contributed by atoms with Crippen molar-refractivity contribution in [3.63, 3.8) is 0 Å². The molecule has 0 spiro atoms. The van der Waals surface area contributed by atoms with E-state index in [4.69, 9.17) is 0 Å². The summed E-state index contributed by atoms with van der Waals surface area (Å²) in [5.74, 6) is -0.405. The number of halogens is 4. The van der Waals surface area contributed by atoms with Gasteiger partial charge in [-0.1, -0.05) is 77.5 Å². The van der Waals surface area contributed by atoms with E-state index in [0.717, 1.165) is 12.8 Å². The lowest BCUT2D eigenvalue weighted by Crippen LogP contribution is -2.50. The van der Waals surface area contributed by atoms with Gasteiger partial charge in [0, 0.05) is 11.9 Å². The summed E-state index contributed by atoms with van der Waals surface area (Å²) in [5, 5.41) is 15.7. The third-order valence-electron chi connectivity index (χ3n) is 5.70. The summed E-state index contributed by atoms with van der Waals surface area (Å²) < 4.78 is 57.8. The Labute approximate surface area is 236 Å². The first-order chi connectivity index (χ1) is 19.0. The number of rotatable bonds is 11. The number of aromatic nitrogens is 2. The zero-order chi connectivity index (χ0) is 30.3. The second kappa shape index (κ2) is 16.7. The van der Waals surface area contributed by atoms with E-state index in [1.54, 1.807) is 19.2 Å². The molecule has 1 unspecified atom stereocenters. The van der Waals surface area contributed by atoms with Crippen molar-refractivity contribution in [1.82, 2.24) is 14.7 Å². The first kappa shape index (κ1) is 34.6. The maximum Gasteiger partial charge on any atom is 0.423 e. The Morgan fingerprint density at radius 3 is 2.25 bits per heavy atom. The summed E-state index contributed by atoms with van der Waals surface area (Å²) in [6.07, 6.45) is 6.36. The number of aliphatic hydroxyl groups is 1. The molecule has 8 heteroatoms. The van der Waals surface area contributed by atoms with Crippen molar-refractivity contribution < 1.29 is 22.7 Å². The Balaban J connectivity index is 0.00000191. The Morgan fingerprint density at radius 2 is 1.68 bits per heavy atom. The predicted octanol–water partition coefficient (Wildman–Crippen LogP) is 9.11. The van der Waals surface area contributed by atoms with Gasteiger partial charge < -0.3 is 10.0 Å². The van der Waals surface area contributed by atoms with E-state index in [1.165, 1.54) is 58.2 Å². The molecule has 2 aromatic carbocycles. The van der Waals surface area contributed by atoms with Crippen molar-refractivity contribution in [1.29, 1.82) is 0 Å². The summed E-state index contributed by atoms with van der Waals surface area (Å²) in [4.78, 5) is 1.43. The van der Waals surface area contributed by atoms with Crippen LogP contribution in [0.2, 0.25) is 0 Å². The second-order valence-corrected chi connectivity index (χ2v) is 8.91. The molecule has 0 bridgehead atoms. The predicted molar refractivity (Wildman–Crippen MR) is 158 cm³/mol. The normalized spacial score (nSPS) is 13.0. The average molecular weight is 562 g/mol. The van der Waals surface area contributed by atoms with Gasteiger partial charge >= 0.3 is 6.18 Å². The third kappa shape index (κ3) is 9.37. The molecule has 1 heterocycles. The third-order valence-corrected chi connectivity index (χ3v) is 5.70. The molecule has 3 aromatic rings. The minimum Gasteiger partial charge on any atom is -0.375 e. The molecule has 0 fully saturated rings. The van der Waals surface area contributed by atoms with Gasteiger partial charge in [0.25, 0.3) is 0 Å². The smallest absolute Gasteiger partial charge is 0.375 e. The van der Waals surface area contributed by atoms with E-state index in [9.17, 15) is 22.7 Å². The highest BCUT2D eigenvalue weighted by Gasteiger charge is 2.55. The summed E-state index contributed by atoms with van der Waals surface area (Å²) in [6.45, 7) is 15.1. The number of hydrogen-bond donors (Lipinski definition) is 1. The average Bonchev–Trinajstić information content (AvgIpc) is 3.35. The molecule has 0 amide bonds. The first-order valence-corrected chi connectivity index (χ1v) is 13.8. The minimum absolute atomic E-state index is 0.165. The number of hydrogen-bond acceptors (Lipinski definition) is 3. The number of allylic oxidation sites excluding steroid dienone is 3. The monoisotopic (exact) mass is 561 g/mol. The molecule has 40 heavy (non-hydrogen) atoms. The van der Waals surface area contributed by atoms with Gasteiger partial charge in [-0.3, -0.25) is 0 Å². The Bertz CT molecular complexity index is 1230. The summed E-state index contributed by atoms with van der Waals surface area (Å²) >= 11 is 0. The van der Waals surface area contributed by atoms with Crippen LogP contribution in [-0.2, 0) is 5.60 Å². The highest BCUT2D eigenvalue weighted by atomic mass is 19.4. The van der Waals surface area contributed by atoms with Crippen LogP contribution in [0.5, 0.6) is 0 Å². The van der Waals surface area contributed by atoms with E-state index in [1.807, 2.05) is 39.8 Å². The maximum absolute atomic E-state index is 14.3. The van der Waals surface area contributed by atoms with E-state index < -0.39 is 24.1 Å². The van der Waals surface area contributed by atoms with Gasteiger partial charge in [-0.15, -0.1) is 0 Å². The molecule has 0 saturated carbocycles. The SMILES string of the molecule is C=C(C)CN(/C=C\C/C=C\CCC)CC(O)(c1ccc2c(cnn2-c2ccc(F)cc2)c1)C(F)(F)F.CC.CC. The molecule has 1 N–H and O–H groups in total. The van der Waals surface area contributed by atoms with Crippen LogP contribution in [0.4, 0.5) is 17.6 Å². The van der Waals surface area contributed by atoms with E-state index >= 15 is 0 Å². The molecule has 0 saturated heterocycles. The highest BCUT2D eigenvalue weighted by Crippen LogP contribution is 2.41. The molecular weight excluding hydrogens is 518 g/mol. The van der Waals surface area contributed by atoms with Gasteiger partial charge in [0.15, 0.2) is 0 Å². The number of alkyl halides is 3. The van der Waals surface area contributed by atoms with Gasteiger partial charge in [0.2, 0.25) is 5.60 Å². The molecule has 0 aliphatic heterocycles. The zero-order valence-electron chi connectivity index (χ0n) is 24.5. The summed E-state index contributed by atoms with van der Waals surface area (Å²) in [6, 6.07) is 9.66. The van der Waals surface area contributed by atoms with Crippen molar-refractivity contribution in [2.75, 3.05) is 13.1 Å². The van der Waals surface area contributed by atoms with E-state index in [2.05, 4.69) is 18.6 Å². The van der Waals surface area contributed by atoms with E-state index in [0.29, 0.717) is 28.6 Å². The molecule has 1 atom stereocenters. The summed E-state index contributed by atoms with van der Waals surface area (Å²) in [5.41, 5.74) is -1.65. The zero-order valence-corrected chi connectivity index (χ0v) is 24.5. The first-order valence-electron chi connectivity index (χ1n) is 13.8. The van der Waals surface area contributed by atoms with E-state index in [-0.39, 0.29) is 12.1 Å². The van der Waals surface area contributed by atoms with Crippen LogP contribution in [0, 0.1) is 5.82 Å². The Morgan fingerprint density at radius 1 is 1.02 bits per heavy atom. The second-order valence-electron chi connectivity index (χ2n) is 8.91. The topological polar surface area (TPSA) is 41.3 Å². The molecule has 4 nitrogen and oxygen atoms in total. The largest absolute Gasteiger partial charge is 0.423 e. The molecule has 3 rings (SSSR count). The molecule has 220 valence electrons. The highest BCUT2D eigenvalue weighted by molar-refractivity contribution is 5.81. The molecule has 1 aromatic heterocycles.